The van der Waals surface area contributed by atoms with Crippen LogP contribution in [-0.4, -0.2) is 23.9 Å². The van der Waals surface area contributed by atoms with E-state index in [9.17, 15) is 14.4 Å². The topological polar surface area (TPSA) is 84.5 Å². The van der Waals surface area contributed by atoms with E-state index in [4.69, 9.17) is 4.74 Å². The molecule has 3 aliphatic rings. The number of carbonyl (C=O) groups is 3. The summed E-state index contributed by atoms with van der Waals surface area (Å²) in [6.45, 7) is 0. The van der Waals surface area contributed by atoms with Gasteiger partial charge in [-0.05, 0) is 49.1 Å². The first-order valence-electron chi connectivity index (χ1n) is 9.58. The summed E-state index contributed by atoms with van der Waals surface area (Å²) < 4.78 is 5.41. The number of hydrogen-bond acceptors (Lipinski definition) is 4. The molecule has 2 saturated carbocycles. The minimum absolute atomic E-state index is 0.0167. The first-order chi connectivity index (χ1) is 13.6. The molecule has 2 amide bonds. The molecule has 142 valence electrons. The van der Waals surface area contributed by atoms with Gasteiger partial charge in [0, 0.05) is 22.9 Å². The Morgan fingerprint density at radius 1 is 0.929 bits per heavy atom. The zero-order valence-electron chi connectivity index (χ0n) is 15.1. The Bertz CT molecular complexity index is 956. The number of anilines is 2. The summed E-state index contributed by atoms with van der Waals surface area (Å²) in [5, 5.41) is 5.77. The van der Waals surface area contributed by atoms with Gasteiger partial charge in [0.2, 0.25) is 5.91 Å². The molecular weight excluding hydrogens is 356 g/mol. The number of amides is 2. The van der Waals surface area contributed by atoms with Gasteiger partial charge in [-0.15, -0.1) is 0 Å². The lowest BCUT2D eigenvalue weighted by molar-refractivity contribution is -0.145. The van der Waals surface area contributed by atoms with Crippen LogP contribution in [0.3, 0.4) is 0 Å². The fraction of sp³-hybridized carbons (Fsp3) is 0.318. The molecule has 5 rings (SSSR count). The van der Waals surface area contributed by atoms with Crippen molar-refractivity contribution in [1.82, 2.24) is 0 Å². The molecule has 5 atom stereocenters. The first-order valence-corrected chi connectivity index (χ1v) is 9.58. The number of ether oxygens (including phenoxy) is 1. The fourth-order valence-electron chi connectivity index (χ4n) is 5.06. The number of esters is 1. The Morgan fingerprint density at radius 3 is 2.46 bits per heavy atom. The molecule has 6 heteroatoms. The lowest BCUT2D eigenvalue weighted by atomic mass is 9.79. The summed E-state index contributed by atoms with van der Waals surface area (Å²) in [6.07, 6.45) is 1.70. The maximum absolute atomic E-state index is 12.9. The Balaban J connectivity index is 1.29. The van der Waals surface area contributed by atoms with Crippen LogP contribution in [0.4, 0.5) is 11.4 Å². The van der Waals surface area contributed by atoms with E-state index in [1.165, 1.54) is 0 Å². The summed E-state index contributed by atoms with van der Waals surface area (Å²) in [5.41, 5.74) is 1.76. The van der Waals surface area contributed by atoms with Gasteiger partial charge in [-0.2, -0.15) is 0 Å². The highest BCUT2D eigenvalue weighted by atomic mass is 16.6. The molecule has 2 N–H and O–H groups in total. The Morgan fingerprint density at radius 2 is 1.68 bits per heavy atom. The summed E-state index contributed by atoms with van der Waals surface area (Å²) in [6, 6.07) is 16.0. The van der Waals surface area contributed by atoms with Crippen LogP contribution in [0, 0.1) is 23.7 Å². The van der Waals surface area contributed by atoms with Gasteiger partial charge in [-0.3, -0.25) is 14.4 Å². The predicted octanol–water partition coefficient (Wildman–Crippen LogP) is 3.08. The molecule has 2 bridgehead atoms. The lowest BCUT2D eigenvalue weighted by Crippen LogP contribution is -2.35. The molecule has 1 saturated heterocycles. The zero-order valence-corrected chi connectivity index (χ0v) is 15.1. The van der Waals surface area contributed by atoms with Gasteiger partial charge in [0.05, 0.1) is 11.8 Å². The van der Waals surface area contributed by atoms with Crippen LogP contribution in [0.1, 0.15) is 23.2 Å². The summed E-state index contributed by atoms with van der Waals surface area (Å²) >= 11 is 0. The van der Waals surface area contributed by atoms with Crippen LogP contribution >= 0.6 is 0 Å². The van der Waals surface area contributed by atoms with Gasteiger partial charge in [0.25, 0.3) is 5.91 Å². The second kappa shape index (κ2) is 6.48. The second-order valence-corrected chi connectivity index (χ2v) is 7.81. The molecule has 2 aromatic rings. The summed E-state index contributed by atoms with van der Waals surface area (Å²) in [4.78, 5) is 37.3. The largest absolute Gasteiger partial charge is 0.462 e. The van der Waals surface area contributed by atoms with E-state index in [-0.39, 0.29) is 47.6 Å². The number of nitrogens with one attached hydrogen (secondary N) is 2. The highest BCUT2D eigenvalue weighted by Gasteiger charge is 2.63. The number of rotatable bonds is 4. The normalized spacial score (nSPS) is 29.4. The van der Waals surface area contributed by atoms with Crippen LogP contribution in [0.25, 0.3) is 0 Å². The van der Waals surface area contributed by atoms with Crippen molar-refractivity contribution in [2.45, 2.75) is 18.9 Å². The van der Waals surface area contributed by atoms with Crippen LogP contribution in [0.5, 0.6) is 0 Å². The number of benzene rings is 2. The van der Waals surface area contributed by atoms with E-state index in [1.54, 1.807) is 48.5 Å². The summed E-state index contributed by atoms with van der Waals surface area (Å²) in [5.74, 6) is -0.780. The fourth-order valence-corrected chi connectivity index (χ4v) is 5.06. The van der Waals surface area contributed by atoms with Crippen molar-refractivity contribution >= 4 is 29.2 Å². The van der Waals surface area contributed by atoms with Gasteiger partial charge in [-0.1, -0.05) is 24.3 Å². The molecule has 0 spiro atoms. The lowest BCUT2D eigenvalue weighted by Gasteiger charge is -2.23. The quantitative estimate of drug-likeness (QED) is 0.803. The van der Waals surface area contributed by atoms with Crippen molar-refractivity contribution in [2.75, 3.05) is 10.6 Å². The van der Waals surface area contributed by atoms with Crippen LogP contribution in [0.15, 0.2) is 54.6 Å². The molecule has 6 nitrogen and oxygen atoms in total. The van der Waals surface area contributed by atoms with Crippen molar-refractivity contribution in [3.63, 3.8) is 0 Å². The van der Waals surface area contributed by atoms with E-state index < -0.39 is 0 Å². The molecular formula is C22H20N2O4. The first kappa shape index (κ1) is 17.0. The van der Waals surface area contributed by atoms with E-state index in [0.29, 0.717) is 16.9 Å². The smallest absolute Gasteiger partial charge is 0.310 e. The monoisotopic (exact) mass is 376 g/mol. The SMILES string of the molecule is O=C(Nc1cccc(NC(=O)C2C3CC4OC(=O)C2C4C3)c1)c1ccccc1. The molecule has 2 aromatic carbocycles. The average Bonchev–Trinajstić information content (AvgIpc) is 3.31. The van der Waals surface area contributed by atoms with Crippen molar-refractivity contribution in [2.24, 2.45) is 23.7 Å². The molecule has 0 radical (unpaired) electrons. The van der Waals surface area contributed by atoms with Crippen molar-refractivity contribution in [3.8, 4) is 0 Å². The molecule has 0 aromatic heterocycles. The Hall–Kier alpha value is -3.15. The summed E-state index contributed by atoms with van der Waals surface area (Å²) in [7, 11) is 0. The average molecular weight is 376 g/mol. The van der Waals surface area contributed by atoms with Gasteiger partial charge >= 0.3 is 5.97 Å². The second-order valence-electron chi connectivity index (χ2n) is 7.81. The van der Waals surface area contributed by atoms with Crippen molar-refractivity contribution < 1.29 is 19.1 Å². The van der Waals surface area contributed by atoms with E-state index in [2.05, 4.69) is 10.6 Å². The third-order valence-corrected chi connectivity index (χ3v) is 6.21. The van der Waals surface area contributed by atoms with Crippen LogP contribution in [0.2, 0.25) is 0 Å². The van der Waals surface area contributed by atoms with Crippen LogP contribution in [-0.2, 0) is 14.3 Å². The molecule has 1 aliphatic heterocycles. The highest BCUT2D eigenvalue weighted by molar-refractivity contribution is 6.04. The minimum atomic E-state index is -0.321. The third-order valence-electron chi connectivity index (χ3n) is 6.21. The van der Waals surface area contributed by atoms with Gasteiger partial charge in [0.15, 0.2) is 0 Å². The minimum Gasteiger partial charge on any atom is -0.462 e. The van der Waals surface area contributed by atoms with E-state index >= 15 is 0 Å². The standard InChI is InChI=1S/C22H20N2O4/c25-20(12-5-2-1-3-6-12)23-14-7-4-8-15(11-14)24-21(26)18-13-9-16-17(10-13)28-22(27)19(16)18/h1-8,11,13,16-19H,9-10H2,(H,23,25)(H,24,26). The van der Waals surface area contributed by atoms with E-state index in [1.807, 2.05) is 6.07 Å². The van der Waals surface area contributed by atoms with Gasteiger partial charge in [0.1, 0.15) is 6.10 Å². The number of carbonyl (C=O) groups excluding carboxylic acids is 3. The number of hydrogen-bond donors (Lipinski definition) is 2. The molecule has 1 heterocycles. The Labute approximate surface area is 162 Å². The molecule has 3 fully saturated rings. The van der Waals surface area contributed by atoms with Gasteiger partial charge < -0.3 is 15.4 Å². The van der Waals surface area contributed by atoms with E-state index in [0.717, 1.165) is 12.8 Å². The van der Waals surface area contributed by atoms with Crippen molar-refractivity contribution in [1.29, 1.82) is 0 Å². The molecule has 28 heavy (non-hydrogen) atoms. The van der Waals surface area contributed by atoms with Crippen LogP contribution < -0.4 is 10.6 Å². The zero-order chi connectivity index (χ0) is 19.3. The molecule has 2 aliphatic carbocycles. The predicted molar refractivity (Wildman–Crippen MR) is 103 cm³/mol. The van der Waals surface area contributed by atoms with Crippen molar-refractivity contribution in [3.05, 3.63) is 60.2 Å². The molecule has 5 unspecified atom stereocenters. The maximum Gasteiger partial charge on any atom is 0.310 e. The van der Waals surface area contributed by atoms with Gasteiger partial charge in [-0.25, -0.2) is 0 Å². The number of fused-ring (bicyclic) bond motifs is 1. The third kappa shape index (κ3) is 2.76. The maximum atomic E-state index is 12.9. The Kier molecular flexibility index (Phi) is 3.93. The highest BCUT2D eigenvalue weighted by Crippen LogP contribution is 2.57.